The Morgan fingerprint density at radius 1 is 1.58 bits per heavy atom. The molecule has 0 unspecified atom stereocenters. The maximum Gasteiger partial charge on any atom is 0.280 e. The molecule has 0 amide bonds. The van der Waals surface area contributed by atoms with Crippen molar-refractivity contribution in [1.82, 2.24) is 4.98 Å². The summed E-state index contributed by atoms with van der Waals surface area (Å²) in [6, 6.07) is 4.67. The van der Waals surface area contributed by atoms with Crippen molar-refractivity contribution >= 4 is 0 Å². The smallest absolute Gasteiger partial charge is 0.255 e. The van der Waals surface area contributed by atoms with Gasteiger partial charge in [-0.2, -0.15) is 5.26 Å². The number of hydrogen-bond acceptors (Lipinski definition) is 2. The summed E-state index contributed by atoms with van der Waals surface area (Å²) in [5, 5.41) is 8.29. The van der Waals surface area contributed by atoms with Gasteiger partial charge in [0.1, 0.15) is 5.69 Å². The van der Waals surface area contributed by atoms with Crippen LogP contribution in [0.1, 0.15) is 17.7 Å². The van der Waals surface area contributed by atoms with Crippen LogP contribution in [0.15, 0.2) is 18.3 Å². The number of aromatic nitrogens is 1. The van der Waals surface area contributed by atoms with E-state index in [0.29, 0.717) is 5.56 Å². The molecule has 12 heavy (non-hydrogen) atoms. The fraction of sp³-hybridized carbons (Fsp3) is 0.250. The van der Waals surface area contributed by atoms with E-state index in [9.17, 15) is 8.78 Å². The number of pyridine rings is 1. The molecule has 0 bridgehead atoms. The fourth-order valence-corrected chi connectivity index (χ4v) is 0.815. The summed E-state index contributed by atoms with van der Waals surface area (Å²) in [4.78, 5) is 3.46. The molecule has 0 spiro atoms. The molecular weight excluding hydrogens is 162 g/mol. The monoisotopic (exact) mass is 168 g/mol. The molecule has 0 aromatic carbocycles. The van der Waals surface area contributed by atoms with Crippen LogP contribution in [0, 0.1) is 11.3 Å². The van der Waals surface area contributed by atoms with Crippen molar-refractivity contribution in [3.8, 4) is 6.07 Å². The molecule has 62 valence electrons. The Hall–Kier alpha value is -1.50. The highest BCUT2D eigenvalue weighted by Crippen LogP contribution is 2.16. The Bertz CT molecular complexity index is 304. The minimum absolute atomic E-state index is 0.141. The van der Waals surface area contributed by atoms with Crippen molar-refractivity contribution < 1.29 is 8.78 Å². The molecule has 0 atom stereocenters. The minimum atomic E-state index is -2.57. The van der Waals surface area contributed by atoms with Crippen LogP contribution in [0.4, 0.5) is 8.78 Å². The number of hydrogen-bond donors (Lipinski definition) is 0. The Morgan fingerprint density at radius 2 is 2.33 bits per heavy atom. The summed E-state index contributed by atoms with van der Waals surface area (Å²) in [7, 11) is 0. The highest BCUT2D eigenvalue weighted by atomic mass is 19.3. The van der Waals surface area contributed by atoms with Crippen LogP contribution in [0.2, 0.25) is 0 Å². The molecule has 0 N–H and O–H groups in total. The molecule has 0 aliphatic heterocycles. The van der Waals surface area contributed by atoms with Gasteiger partial charge in [0.2, 0.25) is 0 Å². The Balaban J connectivity index is 2.90. The summed E-state index contributed by atoms with van der Waals surface area (Å²) < 4.78 is 24.1. The average Bonchev–Trinajstić information content (AvgIpc) is 2.05. The Kier molecular flexibility index (Phi) is 2.70. The molecular formula is C8H6F2N2. The van der Waals surface area contributed by atoms with Crippen molar-refractivity contribution in [3.05, 3.63) is 29.6 Å². The molecule has 1 aromatic rings. The summed E-state index contributed by atoms with van der Waals surface area (Å²) in [5.41, 5.74) is 0.297. The van der Waals surface area contributed by atoms with Gasteiger partial charge in [-0.25, -0.2) is 8.78 Å². The predicted octanol–water partition coefficient (Wildman–Crippen LogP) is 2.09. The van der Waals surface area contributed by atoms with Gasteiger partial charge >= 0.3 is 0 Å². The van der Waals surface area contributed by atoms with Crippen LogP contribution >= 0.6 is 0 Å². The number of rotatable bonds is 2. The molecule has 1 aromatic heterocycles. The maximum absolute atomic E-state index is 12.0. The number of halogens is 2. The molecule has 0 aliphatic rings. The predicted molar refractivity (Wildman–Crippen MR) is 38.5 cm³/mol. The molecule has 0 saturated heterocycles. The third-order valence-corrected chi connectivity index (χ3v) is 1.35. The largest absolute Gasteiger partial charge is 0.280 e. The molecule has 1 rings (SSSR count). The number of nitriles is 1. The summed E-state index contributed by atoms with van der Waals surface area (Å²) >= 11 is 0. The zero-order valence-electron chi connectivity index (χ0n) is 6.17. The normalized spacial score (nSPS) is 9.83. The van der Waals surface area contributed by atoms with Crippen LogP contribution < -0.4 is 0 Å². The zero-order chi connectivity index (χ0) is 8.97. The molecule has 4 heteroatoms. The molecule has 1 heterocycles. The molecule has 0 fully saturated rings. The van der Waals surface area contributed by atoms with Gasteiger partial charge in [-0.1, -0.05) is 0 Å². The second kappa shape index (κ2) is 3.77. The van der Waals surface area contributed by atoms with E-state index in [1.807, 2.05) is 6.07 Å². The van der Waals surface area contributed by atoms with Gasteiger partial charge in [0, 0.05) is 6.20 Å². The van der Waals surface area contributed by atoms with Crippen LogP contribution in [0.3, 0.4) is 0 Å². The van der Waals surface area contributed by atoms with Crippen molar-refractivity contribution in [3.63, 3.8) is 0 Å². The first-order valence-corrected chi connectivity index (χ1v) is 3.34. The first-order chi connectivity index (χ1) is 5.74. The summed E-state index contributed by atoms with van der Waals surface area (Å²) in [5.74, 6) is 0. The zero-order valence-corrected chi connectivity index (χ0v) is 6.17. The average molecular weight is 168 g/mol. The summed E-state index contributed by atoms with van der Waals surface area (Å²) in [6.45, 7) is 0. The first kappa shape index (κ1) is 8.60. The SMILES string of the molecule is N#CCc1ccnc(C(F)F)c1. The van der Waals surface area contributed by atoms with E-state index in [0.717, 1.165) is 0 Å². The lowest BCUT2D eigenvalue weighted by Crippen LogP contribution is -1.91. The maximum atomic E-state index is 12.0. The molecule has 2 nitrogen and oxygen atoms in total. The standard InChI is InChI=1S/C8H6F2N2/c9-8(10)7-5-6(1-3-11)2-4-12-7/h2,4-5,8H,1H2. The molecule has 0 radical (unpaired) electrons. The second-order valence-corrected chi connectivity index (χ2v) is 2.22. The van der Waals surface area contributed by atoms with Gasteiger partial charge in [0.05, 0.1) is 12.5 Å². The van der Waals surface area contributed by atoms with Crippen LogP contribution in [0.5, 0.6) is 0 Å². The lowest BCUT2D eigenvalue weighted by molar-refractivity contribution is 0.146. The van der Waals surface area contributed by atoms with Crippen LogP contribution in [-0.4, -0.2) is 4.98 Å². The van der Waals surface area contributed by atoms with E-state index in [4.69, 9.17) is 5.26 Å². The van der Waals surface area contributed by atoms with E-state index in [2.05, 4.69) is 4.98 Å². The van der Waals surface area contributed by atoms with Gasteiger partial charge < -0.3 is 0 Å². The fourth-order valence-electron chi connectivity index (χ4n) is 0.815. The minimum Gasteiger partial charge on any atom is -0.255 e. The van der Waals surface area contributed by atoms with Crippen molar-refractivity contribution in [2.75, 3.05) is 0 Å². The van der Waals surface area contributed by atoms with Crippen LogP contribution in [-0.2, 0) is 6.42 Å². The van der Waals surface area contributed by atoms with Gasteiger partial charge in [-0.15, -0.1) is 0 Å². The molecule has 0 aliphatic carbocycles. The number of alkyl halides is 2. The lowest BCUT2D eigenvalue weighted by Gasteiger charge is -1.99. The van der Waals surface area contributed by atoms with Gasteiger partial charge in [0.25, 0.3) is 6.43 Å². The van der Waals surface area contributed by atoms with Crippen molar-refractivity contribution in [2.24, 2.45) is 0 Å². The lowest BCUT2D eigenvalue weighted by atomic mass is 10.2. The quantitative estimate of drug-likeness (QED) is 0.677. The highest BCUT2D eigenvalue weighted by molar-refractivity contribution is 5.19. The van der Waals surface area contributed by atoms with Gasteiger partial charge in [0.15, 0.2) is 0 Å². The second-order valence-electron chi connectivity index (χ2n) is 2.22. The Labute approximate surface area is 68.5 Å². The van der Waals surface area contributed by atoms with Crippen LogP contribution in [0.25, 0.3) is 0 Å². The summed E-state index contributed by atoms with van der Waals surface area (Å²) in [6.07, 6.45) is -1.14. The van der Waals surface area contributed by atoms with Crippen molar-refractivity contribution in [1.29, 1.82) is 5.26 Å². The topological polar surface area (TPSA) is 36.7 Å². The Morgan fingerprint density at radius 3 is 2.92 bits per heavy atom. The van der Waals surface area contributed by atoms with E-state index in [1.165, 1.54) is 12.3 Å². The molecule has 0 saturated carbocycles. The van der Waals surface area contributed by atoms with E-state index >= 15 is 0 Å². The number of nitrogens with zero attached hydrogens (tertiary/aromatic N) is 2. The third kappa shape index (κ3) is 1.99. The van der Waals surface area contributed by atoms with E-state index < -0.39 is 6.43 Å². The third-order valence-electron chi connectivity index (χ3n) is 1.35. The van der Waals surface area contributed by atoms with E-state index in [-0.39, 0.29) is 12.1 Å². The highest BCUT2D eigenvalue weighted by Gasteiger charge is 2.08. The van der Waals surface area contributed by atoms with Crippen molar-refractivity contribution in [2.45, 2.75) is 12.8 Å². The first-order valence-electron chi connectivity index (χ1n) is 3.34. The van der Waals surface area contributed by atoms with Gasteiger partial charge in [-0.05, 0) is 17.7 Å². The van der Waals surface area contributed by atoms with E-state index in [1.54, 1.807) is 6.07 Å². The van der Waals surface area contributed by atoms with Gasteiger partial charge in [-0.3, -0.25) is 4.98 Å².